The Balaban J connectivity index is 0.000000294. The van der Waals surface area contributed by atoms with Crippen LogP contribution in [0.2, 0.25) is 0 Å². The average molecular weight is 1310 g/mol. The smallest absolute Gasteiger partial charge is 0.250 e. The van der Waals surface area contributed by atoms with Gasteiger partial charge in [-0.25, -0.2) is 9.13 Å². The third-order valence-corrected chi connectivity index (χ3v) is 11.1. The number of ether oxygens (including phenoxy) is 8. The molecule has 2 amide bonds. The monoisotopic (exact) mass is 1310 g/mol. The number of nitrogens with one attached hydrogen (secondary N) is 2. The van der Waals surface area contributed by atoms with Gasteiger partial charge in [-0.15, -0.1) is 0 Å². The molecular weight excluding hydrogens is 1240 g/mol. The standard InChI is InChI=1S/C38H36N10O2.4C4H8O2.2F6P/c49-29-45-17-15-39-35-3-1-5-37(41-35)47-21-19-43(27-47)23-31-7-11-34(12-8-31)26-46(30-50)18-16-40-36-4-2-6-38(42-36)48-22-20-44(28-48)24-32-9-13-33(25-45)14-10-32;4*1-2-6-4-3-5-1;2*1-7(2,3,4,5)6/h1-22,27-30H,23-26H2,(H,39,41)(H,40,42);4*1-4H2;;/q+2;;;;;2*-1/b17-15-,18-16-;;;;;;. The molecule has 4 fully saturated rings. The summed E-state index contributed by atoms with van der Waals surface area (Å²) < 4.78 is 166. The number of hydrogen-bond donors (Lipinski definition) is 2. The number of hydrogen-bond acceptors (Lipinski definition) is 14. The van der Waals surface area contributed by atoms with Crippen molar-refractivity contribution in [2.45, 2.75) is 26.2 Å². The van der Waals surface area contributed by atoms with Gasteiger partial charge in [0.25, 0.3) is 12.7 Å². The second kappa shape index (κ2) is 32.9. The number of benzene rings is 2. The summed E-state index contributed by atoms with van der Waals surface area (Å²) in [5, 5.41) is 6.36. The minimum Gasteiger partial charge on any atom is -0.345 e. The molecule has 0 aliphatic carbocycles. The molecule has 4 saturated heterocycles. The SMILES string of the molecule is C1COCCO1.C1COCCO1.C1COCCO1.C1COCCO1.F[P-](F)(F)(F)(F)F.F[P-](F)(F)(F)(F)F.O=CN1/C=C\Nc2cccc(n2)-n2cc[n+](c2)Cc2ccc(cc2)CN(C=O)/C=C\Nc2cccc(n2)-n2cc[n+](c2)Cc2ccc(cc2)C1. The fourth-order valence-corrected chi connectivity index (χ4v) is 7.33. The molecular formula is C54H68F12N10O10P2. The molecule has 4 aromatic heterocycles. The van der Waals surface area contributed by atoms with E-state index in [1.807, 2.05) is 107 Å². The van der Waals surface area contributed by atoms with Crippen LogP contribution in [-0.2, 0) is 73.7 Å². The Morgan fingerprint density at radius 1 is 0.398 bits per heavy atom. The molecule has 6 aromatic rings. The van der Waals surface area contributed by atoms with Gasteiger partial charge in [0.1, 0.15) is 49.5 Å². The molecule has 12 bridgehead atoms. The summed E-state index contributed by atoms with van der Waals surface area (Å²) in [4.78, 5) is 36.3. The van der Waals surface area contributed by atoms with E-state index in [-0.39, 0.29) is 0 Å². The van der Waals surface area contributed by atoms with Gasteiger partial charge in [0.15, 0.2) is 0 Å². The fraction of sp³-hybridized carbons (Fsp3) is 0.370. The van der Waals surface area contributed by atoms with Crippen LogP contribution in [0.5, 0.6) is 0 Å². The maximum atomic E-state index is 11.9. The third-order valence-electron chi connectivity index (χ3n) is 11.1. The molecule has 8 aliphatic rings. The minimum absolute atomic E-state index is 0.434. The van der Waals surface area contributed by atoms with Crippen molar-refractivity contribution in [1.82, 2.24) is 28.9 Å². The van der Waals surface area contributed by atoms with Crippen LogP contribution >= 0.6 is 15.6 Å². The zero-order valence-electron chi connectivity index (χ0n) is 47.2. The first kappa shape index (κ1) is 71.6. The summed E-state index contributed by atoms with van der Waals surface area (Å²) in [6.45, 7) is 14.7. The van der Waals surface area contributed by atoms with Gasteiger partial charge in [-0.3, -0.25) is 9.59 Å². The number of anilines is 2. The Labute approximate surface area is 498 Å². The average Bonchev–Trinajstić information content (AvgIpc) is 3.23. The Bertz CT molecular complexity index is 2790. The number of aromatic nitrogens is 6. The van der Waals surface area contributed by atoms with Gasteiger partial charge in [0.2, 0.25) is 24.5 Å². The number of carbonyl (C=O) groups excluding carboxylic acids is 2. The number of pyridine rings is 2. The van der Waals surface area contributed by atoms with Crippen LogP contribution in [0.15, 0.2) is 147 Å². The first-order valence-electron chi connectivity index (χ1n) is 26.8. The number of imidazole rings is 2. The minimum atomic E-state index is -10.7. The van der Waals surface area contributed by atoms with E-state index in [1.54, 1.807) is 34.6 Å². The van der Waals surface area contributed by atoms with E-state index in [2.05, 4.69) is 44.0 Å². The van der Waals surface area contributed by atoms with Crippen LogP contribution in [0.25, 0.3) is 11.6 Å². The Kier molecular flexibility index (Phi) is 26.8. The topological polar surface area (TPSA) is 182 Å². The van der Waals surface area contributed by atoms with Gasteiger partial charge < -0.3 is 58.3 Å². The fourth-order valence-electron chi connectivity index (χ4n) is 7.33. The van der Waals surface area contributed by atoms with E-state index in [1.165, 1.54) is 0 Å². The second-order valence-corrected chi connectivity index (χ2v) is 22.5. The molecule has 0 spiro atoms. The predicted octanol–water partition coefficient (Wildman–Crippen LogP) is 11.0. The number of nitrogens with zero attached hydrogens (tertiary/aromatic N) is 8. The van der Waals surface area contributed by atoms with Crippen molar-refractivity contribution in [1.29, 1.82) is 0 Å². The van der Waals surface area contributed by atoms with Crippen LogP contribution < -0.4 is 19.8 Å². The Morgan fingerprint density at radius 2 is 0.659 bits per heavy atom. The van der Waals surface area contributed by atoms with E-state index in [4.69, 9.17) is 47.9 Å². The molecule has 88 heavy (non-hydrogen) atoms. The van der Waals surface area contributed by atoms with Crippen LogP contribution in [0.4, 0.5) is 62.0 Å². The quantitative estimate of drug-likeness (QED) is 0.0723. The van der Waals surface area contributed by atoms with Gasteiger partial charge in [0.05, 0.1) is 119 Å². The first-order chi connectivity index (χ1) is 41.5. The van der Waals surface area contributed by atoms with Gasteiger partial charge in [-0.2, -0.15) is 19.1 Å². The van der Waals surface area contributed by atoms with Gasteiger partial charge >= 0.3 is 66.0 Å². The molecule has 20 nitrogen and oxygen atoms in total. The van der Waals surface area contributed by atoms with Gasteiger partial charge in [-0.1, -0.05) is 60.7 Å². The molecule has 488 valence electrons. The molecule has 34 heteroatoms. The first-order valence-corrected chi connectivity index (χ1v) is 30.8. The summed E-state index contributed by atoms with van der Waals surface area (Å²) in [5.74, 6) is 2.82. The van der Waals surface area contributed by atoms with E-state index >= 15 is 0 Å². The van der Waals surface area contributed by atoms with Crippen LogP contribution in [0.1, 0.15) is 22.3 Å². The Hall–Kier alpha value is -7.12. The van der Waals surface area contributed by atoms with E-state index < -0.39 is 15.6 Å². The van der Waals surface area contributed by atoms with E-state index in [0.717, 1.165) is 152 Å². The molecule has 8 aliphatic heterocycles. The number of amides is 2. The molecule has 0 radical (unpaired) electrons. The summed E-state index contributed by atoms with van der Waals surface area (Å²) >= 11 is 0. The molecule has 0 unspecified atom stereocenters. The Morgan fingerprint density at radius 3 is 0.909 bits per heavy atom. The van der Waals surface area contributed by atoms with Crippen molar-refractivity contribution in [3.63, 3.8) is 0 Å². The van der Waals surface area contributed by atoms with Crippen LogP contribution in [0.3, 0.4) is 0 Å². The van der Waals surface area contributed by atoms with Gasteiger partial charge in [0, 0.05) is 36.9 Å². The number of halogens is 12. The summed E-state index contributed by atoms with van der Waals surface area (Å²) in [5.41, 5.74) is 4.27. The zero-order chi connectivity index (χ0) is 63.9. The molecule has 14 rings (SSSR count). The molecule has 2 aromatic carbocycles. The molecule has 0 atom stereocenters. The van der Waals surface area contributed by atoms with Crippen molar-refractivity contribution in [3.05, 3.63) is 169 Å². The van der Waals surface area contributed by atoms with Crippen molar-refractivity contribution >= 4 is 40.1 Å². The second-order valence-electron chi connectivity index (χ2n) is 18.7. The van der Waals surface area contributed by atoms with Crippen LogP contribution in [0, 0.1) is 0 Å². The van der Waals surface area contributed by atoms with Crippen LogP contribution in [-0.4, -0.2) is 147 Å². The number of carbonyl (C=O) groups is 2. The van der Waals surface area contributed by atoms with Crippen molar-refractivity contribution in [2.24, 2.45) is 0 Å². The third kappa shape index (κ3) is 36.3. The van der Waals surface area contributed by atoms with Crippen molar-refractivity contribution in [3.8, 4) is 11.6 Å². The number of rotatable bonds is 2. The molecule has 12 heterocycles. The summed E-state index contributed by atoms with van der Waals surface area (Å²) in [6.07, 6.45) is 20.3. The molecule has 0 saturated carbocycles. The van der Waals surface area contributed by atoms with Gasteiger partial charge in [-0.05, 0) is 34.4 Å². The van der Waals surface area contributed by atoms with Crippen molar-refractivity contribution in [2.75, 3.05) is 116 Å². The van der Waals surface area contributed by atoms with E-state index in [0.29, 0.717) is 37.8 Å². The zero-order valence-corrected chi connectivity index (χ0v) is 49.0. The molecule has 2 N–H and O–H groups in total. The van der Waals surface area contributed by atoms with E-state index in [9.17, 15) is 60.0 Å². The summed E-state index contributed by atoms with van der Waals surface area (Å²) in [7, 11) is -21.3. The maximum Gasteiger partial charge on any atom is 0.250 e. The summed E-state index contributed by atoms with van der Waals surface area (Å²) in [6, 6.07) is 27.9. The predicted molar refractivity (Wildman–Crippen MR) is 301 cm³/mol. The maximum absolute atomic E-state index is 11.9. The van der Waals surface area contributed by atoms with Crippen molar-refractivity contribution < 1.29 is 107 Å². The largest absolute Gasteiger partial charge is 0.345 e. The normalized spacial score (nSPS) is 18.6.